The van der Waals surface area contributed by atoms with Gasteiger partial charge >= 0.3 is 0 Å². The van der Waals surface area contributed by atoms with E-state index < -0.39 is 0 Å². The van der Waals surface area contributed by atoms with Crippen LogP contribution in [-0.4, -0.2) is 96.9 Å². The summed E-state index contributed by atoms with van der Waals surface area (Å²) in [5.41, 5.74) is 3.68. The molecule has 0 aliphatic carbocycles. The maximum Gasteiger partial charge on any atom is 0.236 e. The zero-order valence-electron chi connectivity index (χ0n) is 19.3. The van der Waals surface area contributed by atoms with Gasteiger partial charge in [0.15, 0.2) is 0 Å². The van der Waals surface area contributed by atoms with Gasteiger partial charge in [-0.1, -0.05) is 54.6 Å². The first-order chi connectivity index (χ1) is 16.2. The summed E-state index contributed by atoms with van der Waals surface area (Å²) in [6, 6.07) is 19.6. The van der Waals surface area contributed by atoms with Crippen LogP contribution in [0.15, 0.2) is 54.6 Å². The number of aliphatic hydroxyl groups is 1. The van der Waals surface area contributed by atoms with E-state index >= 15 is 0 Å². The van der Waals surface area contributed by atoms with Crippen molar-refractivity contribution in [3.8, 4) is 11.1 Å². The minimum absolute atomic E-state index is 0.131. The van der Waals surface area contributed by atoms with Gasteiger partial charge in [0.2, 0.25) is 5.91 Å². The molecule has 3 heterocycles. The second-order valence-corrected chi connectivity index (χ2v) is 9.50. The predicted octanol–water partition coefficient (Wildman–Crippen LogP) is 2.44. The summed E-state index contributed by atoms with van der Waals surface area (Å²) in [5, 5.41) is 10.2. The van der Waals surface area contributed by atoms with E-state index in [1.807, 2.05) is 6.07 Å². The Morgan fingerprint density at radius 2 is 1.61 bits per heavy atom. The Morgan fingerprint density at radius 3 is 2.33 bits per heavy atom. The van der Waals surface area contributed by atoms with E-state index in [-0.39, 0.29) is 30.5 Å². The summed E-state index contributed by atoms with van der Waals surface area (Å²) >= 11 is 0. The summed E-state index contributed by atoms with van der Waals surface area (Å²) in [6.45, 7) is 6.29. The molecule has 0 unspecified atom stereocenters. The van der Waals surface area contributed by atoms with Crippen molar-refractivity contribution in [3.05, 3.63) is 60.2 Å². The first kappa shape index (κ1) is 22.5. The van der Waals surface area contributed by atoms with Gasteiger partial charge in [0, 0.05) is 44.2 Å². The van der Waals surface area contributed by atoms with E-state index in [1.165, 1.54) is 16.7 Å². The van der Waals surface area contributed by atoms with Crippen LogP contribution >= 0.6 is 0 Å². The first-order valence-electron chi connectivity index (χ1n) is 12.3. The highest BCUT2D eigenvalue weighted by atomic mass is 16.5. The number of ether oxygens (including phenoxy) is 1. The lowest BCUT2D eigenvalue weighted by Gasteiger charge is -2.57. The fourth-order valence-corrected chi connectivity index (χ4v) is 5.75. The van der Waals surface area contributed by atoms with Crippen LogP contribution in [0.5, 0.6) is 0 Å². The maximum atomic E-state index is 13.2. The van der Waals surface area contributed by atoms with E-state index in [9.17, 15) is 9.90 Å². The highest BCUT2D eigenvalue weighted by Gasteiger charge is 2.49. The van der Waals surface area contributed by atoms with Gasteiger partial charge in [-0.05, 0) is 36.1 Å². The number of amides is 1. The summed E-state index contributed by atoms with van der Waals surface area (Å²) < 4.78 is 5.43. The normalized spacial score (nSPS) is 26.7. The van der Waals surface area contributed by atoms with Crippen LogP contribution < -0.4 is 0 Å². The van der Waals surface area contributed by atoms with Crippen LogP contribution in [0.4, 0.5) is 0 Å². The van der Waals surface area contributed by atoms with Crippen molar-refractivity contribution >= 4 is 5.91 Å². The smallest absolute Gasteiger partial charge is 0.236 e. The molecule has 6 nitrogen and oxygen atoms in total. The number of hydrogen-bond acceptors (Lipinski definition) is 5. The molecule has 33 heavy (non-hydrogen) atoms. The average Bonchev–Trinajstić information content (AvgIpc) is 2.84. The fraction of sp³-hybridized carbons (Fsp3) is 0.519. The molecule has 3 saturated heterocycles. The molecule has 0 radical (unpaired) electrons. The van der Waals surface area contributed by atoms with Crippen LogP contribution in [0.25, 0.3) is 11.1 Å². The molecular weight excluding hydrogens is 414 g/mol. The molecule has 0 saturated carbocycles. The molecule has 3 fully saturated rings. The van der Waals surface area contributed by atoms with Gasteiger partial charge in [0.05, 0.1) is 26.4 Å². The van der Waals surface area contributed by atoms with Gasteiger partial charge in [-0.15, -0.1) is 0 Å². The van der Waals surface area contributed by atoms with E-state index in [4.69, 9.17) is 4.74 Å². The molecule has 2 aromatic rings. The number of morpholine rings is 1. The monoisotopic (exact) mass is 449 g/mol. The highest BCUT2D eigenvalue weighted by molar-refractivity contribution is 5.78. The Morgan fingerprint density at radius 1 is 0.909 bits per heavy atom. The number of fused-ring (bicyclic) bond motifs is 1. The topological polar surface area (TPSA) is 56.2 Å². The number of benzene rings is 2. The third kappa shape index (κ3) is 4.85. The van der Waals surface area contributed by atoms with Crippen LogP contribution in [-0.2, 0) is 9.53 Å². The van der Waals surface area contributed by atoms with E-state index in [1.54, 1.807) is 0 Å². The third-order valence-corrected chi connectivity index (χ3v) is 7.59. The number of nitrogens with zero attached hydrogens (tertiary/aromatic N) is 3. The molecule has 2 aromatic carbocycles. The fourth-order valence-electron chi connectivity index (χ4n) is 5.75. The SMILES string of the molecule is O=C(CN1CCOCC1)N1CCCCN2[C@H](CO)[C@H](c3ccc(-c4ccccc4)cc3)[C@@H]2C1. The Bertz CT molecular complexity index is 914. The summed E-state index contributed by atoms with van der Waals surface area (Å²) in [5.74, 6) is 0.473. The van der Waals surface area contributed by atoms with Crippen LogP contribution in [0.1, 0.15) is 24.3 Å². The van der Waals surface area contributed by atoms with Crippen molar-refractivity contribution in [1.82, 2.24) is 14.7 Å². The molecule has 1 amide bonds. The van der Waals surface area contributed by atoms with Crippen LogP contribution in [0.3, 0.4) is 0 Å². The number of hydrogen-bond donors (Lipinski definition) is 1. The number of rotatable bonds is 5. The number of carbonyl (C=O) groups excluding carboxylic acids is 1. The predicted molar refractivity (Wildman–Crippen MR) is 129 cm³/mol. The molecule has 0 bridgehead atoms. The molecule has 3 aliphatic heterocycles. The summed E-state index contributed by atoms with van der Waals surface area (Å²) in [4.78, 5) is 19.9. The van der Waals surface area contributed by atoms with Crippen molar-refractivity contribution in [1.29, 1.82) is 0 Å². The Balaban J connectivity index is 1.31. The molecule has 0 spiro atoms. The lowest BCUT2D eigenvalue weighted by atomic mass is 9.74. The molecule has 6 heteroatoms. The molecule has 1 N–H and O–H groups in total. The molecule has 3 atom stereocenters. The van der Waals surface area contributed by atoms with Crippen LogP contribution in [0, 0.1) is 0 Å². The second-order valence-electron chi connectivity index (χ2n) is 9.50. The maximum absolute atomic E-state index is 13.2. The van der Waals surface area contributed by atoms with Crippen molar-refractivity contribution in [2.45, 2.75) is 30.8 Å². The van der Waals surface area contributed by atoms with Gasteiger partial charge < -0.3 is 14.7 Å². The first-order valence-corrected chi connectivity index (χ1v) is 12.3. The zero-order chi connectivity index (χ0) is 22.6. The van der Waals surface area contributed by atoms with E-state index in [0.717, 1.165) is 45.6 Å². The van der Waals surface area contributed by atoms with Gasteiger partial charge in [-0.25, -0.2) is 0 Å². The number of carbonyl (C=O) groups is 1. The van der Waals surface area contributed by atoms with E-state index in [2.05, 4.69) is 63.2 Å². The quantitative estimate of drug-likeness (QED) is 0.760. The standard InChI is InChI=1S/C27H35N3O3/c31-20-25-27(23-10-8-22(9-11-23)21-6-2-1-3-7-21)24-18-29(12-4-5-13-30(24)25)26(32)19-28-14-16-33-17-15-28/h1-3,6-11,24-25,27,31H,4-5,12-20H2/t24-,25+,27+/m0/s1. The van der Waals surface area contributed by atoms with E-state index in [0.29, 0.717) is 19.8 Å². The van der Waals surface area contributed by atoms with Crippen LogP contribution in [0.2, 0.25) is 0 Å². The van der Waals surface area contributed by atoms with Crippen molar-refractivity contribution in [3.63, 3.8) is 0 Å². The van der Waals surface area contributed by atoms with Gasteiger partial charge in [0.25, 0.3) is 0 Å². The average molecular weight is 450 g/mol. The minimum atomic E-state index is 0.131. The van der Waals surface area contributed by atoms with Crippen molar-refractivity contribution < 1.29 is 14.6 Å². The third-order valence-electron chi connectivity index (χ3n) is 7.59. The molecule has 176 valence electrons. The number of aliphatic hydroxyl groups excluding tert-OH is 1. The van der Waals surface area contributed by atoms with Gasteiger partial charge in [-0.2, -0.15) is 0 Å². The Kier molecular flexibility index (Phi) is 7.07. The molecule has 0 aromatic heterocycles. The van der Waals surface area contributed by atoms with Gasteiger partial charge in [0.1, 0.15) is 0 Å². The lowest BCUT2D eigenvalue weighted by molar-refractivity contribution is -0.138. The largest absolute Gasteiger partial charge is 0.395 e. The van der Waals surface area contributed by atoms with Crippen molar-refractivity contribution in [2.24, 2.45) is 0 Å². The summed E-state index contributed by atoms with van der Waals surface area (Å²) in [6.07, 6.45) is 2.08. The molecule has 3 aliphatic rings. The molecule has 5 rings (SSSR count). The minimum Gasteiger partial charge on any atom is -0.395 e. The zero-order valence-corrected chi connectivity index (χ0v) is 19.3. The Hall–Kier alpha value is -2.25. The Labute approximate surface area is 196 Å². The highest BCUT2D eigenvalue weighted by Crippen LogP contribution is 2.42. The lowest BCUT2D eigenvalue weighted by Crippen LogP contribution is -2.68. The second kappa shape index (κ2) is 10.3. The van der Waals surface area contributed by atoms with Gasteiger partial charge in [-0.3, -0.25) is 14.6 Å². The molecular formula is C27H35N3O3. The van der Waals surface area contributed by atoms with Crippen molar-refractivity contribution in [2.75, 3.05) is 59.1 Å². The summed E-state index contributed by atoms with van der Waals surface area (Å²) in [7, 11) is 0.